The summed E-state index contributed by atoms with van der Waals surface area (Å²) >= 11 is 4.08. The molecule has 7 heteroatoms. The molecule has 2 aromatic rings. The normalized spacial score (nSPS) is 10.3. The second-order valence-corrected chi connectivity index (χ2v) is 4.81. The maximum Gasteiger partial charge on any atom is 0.260 e. The molecule has 1 heterocycles. The molecule has 0 aliphatic carbocycles. The Bertz CT molecular complexity index is 572. The first kappa shape index (κ1) is 12.1. The third kappa shape index (κ3) is 2.67. The highest BCUT2D eigenvalue weighted by atomic mass is 79.9. The van der Waals surface area contributed by atoms with Crippen LogP contribution in [0.3, 0.4) is 0 Å². The highest BCUT2D eigenvalue weighted by molar-refractivity contribution is 9.10. The van der Waals surface area contributed by atoms with Crippen molar-refractivity contribution in [3.8, 4) is 0 Å². The van der Waals surface area contributed by atoms with Gasteiger partial charge in [-0.05, 0) is 35.0 Å². The fourth-order valence-corrected chi connectivity index (χ4v) is 2.13. The Hall–Kier alpha value is -1.34. The molecule has 2 rings (SSSR count). The Balaban J connectivity index is 2.23. The van der Waals surface area contributed by atoms with E-state index in [9.17, 15) is 9.18 Å². The van der Waals surface area contributed by atoms with Gasteiger partial charge in [-0.3, -0.25) is 10.1 Å². The summed E-state index contributed by atoms with van der Waals surface area (Å²) in [4.78, 5) is 15.7. The Morgan fingerprint density at radius 1 is 1.53 bits per heavy atom. The van der Waals surface area contributed by atoms with Crippen molar-refractivity contribution in [2.45, 2.75) is 6.92 Å². The standard InChI is InChI=1S/C10H7BrFN3OS/c1-5-13-10(17-15-5)14-9(16)6-3-2-4-7(11)8(6)12/h2-4H,1H3,(H,13,14,15,16). The van der Waals surface area contributed by atoms with Gasteiger partial charge < -0.3 is 0 Å². The zero-order chi connectivity index (χ0) is 12.4. The average molecular weight is 316 g/mol. The minimum atomic E-state index is -0.591. The fraction of sp³-hybridized carbons (Fsp3) is 0.100. The number of aryl methyl sites for hydroxylation is 1. The lowest BCUT2D eigenvalue weighted by atomic mass is 10.2. The maximum atomic E-state index is 13.6. The van der Waals surface area contributed by atoms with Crippen LogP contribution in [-0.2, 0) is 0 Å². The van der Waals surface area contributed by atoms with Crippen molar-refractivity contribution in [1.82, 2.24) is 9.36 Å². The molecule has 0 spiro atoms. The van der Waals surface area contributed by atoms with E-state index in [1.54, 1.807) is 13.0 Å². The van der Waals surface area contributed by atoms with Gasteiger partial charge >= 0.3 is 0 Å². The maximum absolute atomic E-state index is 13.6. The quantitative estimate of drug-likeness (QED) is 0.926. The molecule has 0 bridgehead atoms. The molecule has 17 heavy (non-hydrogen) atoms. The van der Waals surface area contributed by atoms with Crippen molar-refractivity contribution in [3.05, 3.63) is 39.9 Å². The molecule has 1 aromatic heterocycles. The summed E-state index contributed by atoms with van der Waals surface area (Å²) in [6.07, 6.45) is 0. The minimum Gasteiger partial charge on any atom is -0.296 e. The lowest BCUT2D eigenvalue weighted by molar-refractivity contribution is 0.102. The van der Waals surface area contributed by atoms with Crippen LogP contribution in [0, 0.1) is 12.7 Å². The molecule has 0 radical (unpaired) electrons. The van der Waals surface area contributed by atoms with Crippen LogP contribution in [0.1, 0.15) is 16.2 Å². The number of amides is 1. The topological polar surface area (TPSA) is 54.9 Å². The number of carbonyl (C=O) groups excluding carboxylic acids is 1. The van der Waals surface area contributed by atoms with Gasteiger partial charge in [0.05, 0.1) is 10.0 Å². The highest BCUT2D eigenvalue weighted by Gasteiger charge is 2.15. The Morgan fingerprint density at radius 2 is 2.29 bits per heavy atom. The van der Waals surface area contributed by atoms with Gasteiger partial charge in [0.15, 0.2) is 0 Å². The smallest absolute Gasteiger partial charge is 0.260 e. The number of hydrogen-bond donors (Lipinski definition) is 1. The number of halogens is 2. The molecule has 0 unspecified atom stereocenters. The van der Waals surface area contributed by atoms with Crippen molar-refractivity contribution >= 4 is 38.5 Å². The molecular formula is C10H7BrFN3OS. The molecule has 0 saturated heterocycles. The SMILES string of the molecule is Cc1nsc(NC(=O)c2cccc(Br)c2F)n1. The Labute approximate surface area is 109 Å². The van der Waals surface area contributed by atoms with Crippen LogP contribution >= 0.6 is 27.5 Å². The first-order valence-electron chi connectivity index (χ1n) is 4.63. The summed E-state index contributed by atoms with van der Waals surface area (Å²) in [6.45, 7) is 1.71. The zero-order valence-corrected chi connectivity index (χ0v) is 11.1. The van der Waals surface area contributed by atoms with E-state index in [0.29, 0.717) is 11.0 Å². The molecule has 0 fully saturated rings. The van der Waals surface area contributed by atoms with Crippen molar-refractivity contribution in [1.29, 1.82) is 0 Å². The van der Waals surface area contributed by atoms with Gasteiger partial charge in [-0.25, -0.2) is 9.37 Å². The van der Waals surface area contributed by atoms with Gasteiger partial charge in [-0.1, -0.05) is 6.07 Å². The number of nitrogens with one attached hydrogen (secondary N) is 1. The summed E-state index contributed by atoms with van der Waals surface area (Å²) in [6, 6.07) is 4.53. The van der Waals surface area contributed by atoms with Crippen molar-refractivity contribution in [3.63, 3.8) is 0 Å². The number of rotatable bonds is 2. The molecule has 1 aromatic carbocycles. The van der Waals surface area contributed by atoms with Crippen LogP contribution in [0.4, 0.5) is 9.52 Å². The van der Waals surface area contributed by atoms with Gasteiger partial charge in [-0.2, -0.15) is 4.37 Å². The molecule has 4 nitrogen and oxygen atoms in total. The Morgan fingerprint density at radius 3 is 2.94 bits per heavy atom. The van der Waals surface area contributed by atoms with Crippen LogP contribution in [0.2, 0.25) is 0 Å². The van der Waals surface area contributed by atoms with Crippen molar-refractivity contribution < 1.29 is 9.18 Å². The summed E-state index contributed by atoms with van der Waals surface area (Å²) < 4.78 is 17.8. The molecule has 1 amide bonds. The van der Waals surface area contributed by atoms with Crippen LogP contribution in [0.15, 0.2) is 22.7 Å². The van der Waals surface area contributed by atoms with E-state index in [4.69, 9.17) is 0 Å². The van der Waals surface area contributed by atoms with Crippen molar-refractivity contribution in [2.75, 3.05) is 5.32 Å². The largest absolute Gasteiger partial charge is 0.296 e. The van der Waals surface area contributed by atoms with E-state index < -0.39 is 11.7 Å². The molecule has 0 aliphatic heterocycles. The molecule has 1 N–H and O–H groups in total. The molecule has 88 valence electrons. The first-order valence-corrected chi connectivity index (χ1v) is 6.20. The third-order valence-electron chi connectivity index (χ3n) is 1.94. The predicted octanol–water partition coefficient (Wildman–Crippen LogP) is 3.00. The monoisotopic (exact) mass is 315 g/mol. The van der Waals surface area contributed by atoms with Crippen LogP contribution in [0.25, 0.3) is 0 Å². The number of nitrogens with zero attached hydrogens (tertiary/aromatic N) is 2. The summed E-state index contributed by atoms with van der Waals surface area (Å²) in [5.74, 6) is -0.564. The second kappa shape index (κ2) is 4.89. The Kier molecular flexibility index (Phi) is 3.49. The van der Waals surface area contributed by atoms with E-state index >= 15 is 0 Å². The molecule has 0 saturated carbocycles. The van der Waals surface area contributed by atoms with Crippen molar-refractivity contribution in [2.24, 2.45) is 0 Å². The van der Waals surface area contributed by atoms with Gasteiger partial charge in [0.25, 0.3) is 5.91 Å². The third-order valence-corrected chi connectivity index (χ3v) is 3.28. The summed E-state index contributed by atoms with van der Waals surface area (Å²) in [7, 11) is 0. The number of benzene rings is 1. The number of carbonyl (C=O) groups is 1. The summed E-state index contributed by atoms with van der Waals surface area (Å²) in [5, 5.41) is 2.85. The second-order valence-electron chi connectivity index (χ2n) is 3.20. The van der Waals surface area contributed by atoms with Crippen LogP contribution < -0.4 is 5.32 Å². The lowest BCUT2D eigenvalue weighted by Gasteiger charge is -2.03. The zero-order valence-electron chi connectivity index (χ0n) is 8.70. The number of aromatic nitrogens is 2. The fourth-order valence-electron chi connectivity index (χ4n) is 1.19. The van der Waals surface area contributed by atoms with E-state index in [2.05, 4.69) is 30.6 Å². The molecule has 0 atom stereocenters. The van der Waals surface area contributed by atoms with E-state index in [0.717, 1.165) is 11.5 Å². The number of anilines is 1. The lowest BCUT2D eigenvalue weighted by Crippen LogP contribution is -2.13. The van der Waals surface area contributed by atoms with Crippen LogP contribution in [0.5, 0.6) is 0 Å². The van der Waals surface area contributed by atoms with Gasteiger partial charge in [0.2, 0.25) is 5.13 Å². The van der Waals surface area contributed by atoms with E-state index in [1.165, 1.54) is 12.1 Å². The molecule has 0 aliphatic rings. The van der Waals surface area contributed by atoms with Gasteiger partial charge in [-0.15, -0.1) is 0 Å². The van der Waals surface area contributed by atoms with Gasteiger partial charge in [0, 0.05) is 11.5 Å². The highest BCUT2D eigenvalue weighted by Crippen LogP contribution is 2.20. The summed E-state index contributed by atoms with van der Waals surface area (Å²) in [5.41, 5.74) is -0.0350. The predicted molar refractivity (Wildman–Crippen MR) is 66.7 cm³/mol. The minimum absolute atomic E-state index is 0.0350. The molecular weight excluding hydrogens is 309 g/mol. The number of hydrogen-bond acceptors (Lipinski definition) is 4. The van der Waals surface area contributed by atoms with E-state index in [1.807, 2.05) is 0 Å². The van der Waals surface area contributed by atoms with Crippen LogP contribution in [-0.4, -0.2) is 15.3 Å². The first-order chi connectivity index (χ1) is 8.08. The van der Waals surface area contributed by atoms with Gasteiger partial charge in [0.1, 0.15) is 11.6 Å². The van der Waals surface area contributed by atoms with E-state index in [-0.39, 0.29) is 10.0 Å². The average Bonchev–Trinajstić information content (AvgIpc) is 2.68.